The lowest BCUT2D eigenvalue weighted by molar-refractivity contribution is -0.871. The van der Waals surface area contributed by atoms with Crippen LogP contribution in [0.4, 0.5) is 11.4 Å². The molecule has 3 aliphatic rings. The molecule has 17 heteroatoms. The first-order chi connectivity index (χ1) is 30.1. The van der Waals surface area contributed by atoms with E-state index in [9.17, 15) is 35.8 Å². The number of aliphatic carboxylic acids is 1. The molecule has 3 aromatic rings. The molecule has 0 saturated carbocycles. The molecule has 0 amide bonds. The van der Waals surface area contributed by atoms with E-state index in [0.29, 0.717) is 37.3 Å². The lowest BCUT2D eigenvalue weighted by Crippen LogP contribution is -2.39. The standard InChI is InChI=1S/C48H65N7O8S2/c1-47(2)38-29-36(64(58,59)60)18-20-41(38)52(24-12-26-54(5,6)7)43(47)22-16-33-14-11-15-34(45(33)51-40(46(56)57)28-35-31-49-32-50-35)17-23-44-48(3,4)39-30-37(65(61,62)63)19-21-42(39)53(44)25-13-27-55(8,9)10/h16-23,29-32,40H,11-15,24-28H2,1-10H3,(H2-2,49,50,56,57,58,59,60,61,62,63)/p+3. The molecule has 0 saturated heterocycles. The van der Waals surface area contributed by atoms with E-state index in [-0.39, 0.29) is 16.2 Å². The van der Waals surface area contributed by atoms with Gasteiger partial charge in [-0.05, 0) is 86.2 Å². The maximum Gasteiger partial charge on any atom is 0.326 e. The quantitative estimate of drug-likeness (QED) is 0.0542. The molecule has 1 unspecified atom stereocenters. The highest BCUT2D eigenvalue weighted by Gasteiger charge is 2.45. The second-order valence-electron chi connectivity index (χ2n) is 20.6. The topological polar surface area (TPSA) is 193 Å². The van der Waals surface area contributed by atoms with Crippen LogP contribution in [0.1, 0.15) is 76.6 Å². The second kappa shape index (κ2) is 18.4. The fourth-order valence-corrected chi connectivity index (χ4v) is 10.3. The van der Waals surface area contributed by atoms with E-state index in [2.05, 4.69) is 91.4 Å². The number of H-pyrrole nitrogens is 1. The lowest BCUT2D eigenvalue weighted by atomic mass is 9.81. The monoisotopic (exact) mass is 934 g/mol. The van der Waals surface area contributed by atoms with Crippen molar-refractivity contribution in [1.82, 2.24) is 15.3 Å². The molecular formula is C48H68N7O8S2+3. The van der Waals surface area contributed by atoms with Gasteiger partial charge in [0.05, 0.1) is 83.3 Å². The number of imidazole rings is 1. The number of nitrogens with zero attached hydrogens (tertiary/aromatic N) is 5. The molecule has 352 valence electrons. The Bertz CT molecular complexity index is 2700. The first-order valence-corrected chi connectivity index (χ1v) is 25.0. The summed E-state index contributed by atoms with van der Waals surface area (Å²) in [7, 11) is 3.95. The third-order valence-corrected chi connectivity index (χ3v) is 14.5. The van der Waals surface area contributed by atoms with Gasteiger partial charge in [-0.2, -0.15) is 21.4 Å². The maximum atomic E-state index is 13.0. The second-order valence-corrected chi connectivity index (χ2v) is 23.5. The minimum absolute atomic E-state index is 0.151. The van der Waals surface area contributed by atoms with E-state index in [1.807, 2.05) is 27.7 Å². The number of carbonyl (C=O) groups is 1. The Morgan fingerprint density at radius 2 is 1.51 bits per heavy atom. The summed E-state index contributed by atoms with van der Waals surface area (Å²) in [6.07, 6.45) is 15.4. The molecule has 0 fully saturated rings. The SMILES string of the molecule is CC1(C)C(=CC=C2CCCC(C=CC3=[N+](CCC[N+](C)(C)C)c4ccc(S(=O)(=O)O)cc4C3(C)C)=C2NC(Cc2cnc[nH]2)C(=O)O)N(CCC[N+](C)(C)C)c2ccc(S(=O)(=O)O)cc21. The van der Waals surface area contributed by atoms with Crippen molar-refractivity contribution in [2.24, 2.45) is 0 Å². The summed E-state index contributed by atoms with van der Waals surface area (Å²) >= 11 is 0. The number of rotatable bonds is 18. The zero-order valence-electron chi connectivity index (χ0n) is 39.5. The van der Waals surface area contributed by atoms with Crippen molar-refractivity contribution in [1.29, 1.82) is 0 Å². The number of aromatic amines is 1. The number of allylic oxidation sites excluding steroid dienone is 7. The number of carboxylic acids is 1. The minimum Gasteiger partial charge on any atom is -0.480 e. The number of fused-ring (bicyclic) bond motifs is 2. The molecule has 1 aliphatic carbocycles. The van der Waals surface area contributed by atoms with Crippen LogP contribution in [0.25, 0.3) is 0 Å². The Morgan fingerprint density at radius 3 is 2.11 bits per heavy atom. The van der Waals surface area contributed by atoms with Crippen molar-refractivity contribution in [2.45, 2.75) is 92.9 Å². The predicted molar refractivity (Wildman–Crippen MR) is 254 cm³/mol. The van der Waals surface area contributed by atoms with Gasteiger partial charge in [0, 0.05) is 71.5 Å². The third kappa shape index (κ3) is 11.4. The van der Waals surface area contributed by atoms with Gasteiger partial charge in [0.15, 0.2) is 12.3 Å². The number of nitrogens with one attached hydrogen (secondary N) is 2. The normalized spacial score (nSPS) is 19.4. The summed E-state index contributed by atoms with van der Waals surface area (Å²) in [5, 5.41) is 14.1. The van der Waals surface area contributed by atoms with Crippen LogP contribution < -0.4 is 10.2 Å². The molecule has 1 atom stereocenters. The van der Waals surface area contributed by atoms with Gasteiger partial charge in [0.1, 0.15) is 6.04 Å². The summed E-state index contributed by atoms with van der Waals surface area (Å²) in [5.74, 6) is -1.02. The summed E-state index contributed by atoms with van der Waals surface area (Å²) in [4.78, 5) is 22.0. The molecule has 0 bridgehead atoms. The number of benzene rings is 2. The average Bonchev–Trinajstić information content (AvgIpc) is 3.83. The van der Waals surface area contributed by atoms with E-state index < -0.39 is 43.1 Å². The van der Waals surface area contributed by atoms with E-state index in [4.69, 9.17) is 0 Å². The van der Waals surface area contributed by atoms with Crippen molar-refractivity contribution in [3.05, 3.63) is 113 Å². The van der Waals surface area contributed by atoms with Gasteiger partial charge in [-0.15, -0.1) is 0 Å². The van der Waals surface area contributed by atoms with Crippen LogP contribution >= 0.6 is 0 Å². The number of hydrogen-bond acceptors (Lipinski definition) is 8. The van der Waals surface area contributed by atoms with Crippen LogP contribution in [-0.4, -0.2) is 141 Å². The molecule has 3 heterocycles. The molecule has 6 rings (SSSR count). The van der Waals surface area contributed by atoms with Gasteiger partial charge in [-0.1, -0.05) is 26.0 Å². The van der Waals surface area contributed by atoms with Crippen LogP contribution in [-0.2, 0) is 42.3 Å². The maximum absolute atomic E-state index is 13.0. The highest BCUT2D eigenvalue weighted by molar-refractivity contribution is 7.86. The van der Waals surface area contributed by atoms with Crippen LogP contribution in [0.2, 0.25) is 0 Å². The third-order valence-electron chi connectivity index (χ3n) is 12.8. The molecule has 15 nitrogen and oxygen atoms in total. The van der Waals surface area contributed by atoms with E-state index in [1.165, 1.54) is 18.5 Å². The van der Waals surface area contributed by atoms with Crippen molar-refractivity contribution < 1.29 is 49.4 Å². The Hall–Kier alpha value is -4.91. The summed E-state index contributed by atoms with van der Waals surface area (Å²) in [6, 6.07) is 8.52. The van der Waals surface area contributed by atoms with Crippen LogP contribution in [0.15, 0.2) is 106 Å². The number of aromatic nitrogens is 2. The Kier molecular flexibility index (Phi) is 14.0. The number of anilines is 1. The smallest absolute Gasteiger partial charge is 0.326 e. The first-order valence-electron chi connectivity index (χ1n) is 22.1. The van der Waals surface area contributed by atoms with Crippen molar-refractivity contribution in [2.75, 3.05) is 73.4 Å². The summed E-state index contributed by atoms with van der Waals surface area (Å²) in [5.41, 5.74) is 7.05. The highest BCUT2D eigenvalue weighted by Crippen LogP contribution is 2.49. The number of carboxylic acid groups (broad SMARTS) is 1. The van der Waals surface area contributed by atoms with Gasteiger partial charge in [-0.25, -0.2) is 9.78 Å². The predicted octanol–water partition coefficient (Wildman–Crippen LogP) is 6.36. The largest absolute Gasteiger partial charge is 0.480 e. The number of hydrogen-bond donors (Lipinski definition) is 5. The van der Waals surface area contributed by atoms with Gasteiger partial charge >= 0.3 is 5.97 Å². The Morgan fingerprint density at radius 1 is 0.877 bits per heavy atom. The summed E-state index contributed by atoms with van der Waals surface area (Å²) < 4.78 is 73.1. The molecule has 0 radical (unpaired) electrons. The van der Waals surface area contributed by atoms with Gasteiger partial charge in [-0.3, -0.25) is 9.11 Å². The molecule has 2 aliphatic heterocycles. The Balaban J connectivity index is 1.50. The van der Waals surface area contributed by atoms with Crippen molar-refractivity contribution in [3.63, 3.8) is 0 Å². The van der Waals surface area contributed by atoms with Crippen LogP contribution in [0, 0.1) is 0 Å². The molecule has 5 N–H and O–H groups in total. The van der Waals surface area contributed by atoms with Gasteiger partial charge in [0.2, 0.25) is 5.69 Å². The first kappa shape index (κ1) is 49.5. The molecular weight excluding hydrogens is 867 g/mol. The molecule has 1 aromatic heterocycles. The number of quaternary nitrogens is 2. The van der Waals surface area contributed by atoms with Crippen LogP contribution in [0.3, 0.4) is 0 Å². The molecule has 65 heavy (non-hydrogen) atoms. The van der Waals surface area contributed by atoms with E-state index >= 15 is 0 Å². The van der Waals surface area contributed by atoms with Crippen molar-refractivity contribution >= 4 is 43.3 Å². The van der Waals surface area contributed by atoms with Crippen molar-refractivity contribution in [3.8, 4) is 0 Å². The Labute approximate surface area is 385 Å². The fraction of sp³-hybridized carbons (Fsp3) is 0.479. The average molecular weight is 935 g/mol. The minimum atomic E-state index is -4.45. The van der Waals surface area contributed by atoms with Gasteiger partial charge < -0.3 is 29.3 Å². The van der Waals surface area contributed by atoms with Gasteiger partial charge in [0.25, 0.3) is 20.2 Å². The fourth-order valence-electron chi connectivity index (χ4n) is 9.31. The van der Waals surface area contributed by atoms with Crippen LogP contribution in [0.5, 0.6) is 0 Å². The lowest BCUT2D eigenvalue weighted by Gasteiger charge is -2.30. The van der Waals surface area contributed by atoms with E-state index in [1.54, 1.807) is 30.5 Å². The van der Waals surface area contributed by atoms with E-state index in [0.717, 1.165) is 86.4 Å². The molecule has 2 aromatic carbocycles. The summed E-state index contributed by atoms with van der Waals surface area (Å²) in [6.45, 7) is 11.3. The highest BCUT2D eigenvalue weighted by atomic mass is 32.2. The zero-order chi connectivity index (χ0) is 47.9. The zero-order valence-corrected chi connectivity index (χ0v) is 41.1. The molecule has 0 spiro atoms.